The molecule has 1 aromatic carbocycles. The first kappa shape index (κ1) is 15.5. The van der Waals surface area contributed by atoms with Crippen molar-refractivity contribution in [1.29, 1.82) is 0 Å². The van der Waals surface area contributed by atoms with Crippen molar-refractivity contribution >= 4 is 12.0 Å². The third-order valence-corrected chi connectivity index (χ3v) is 4.21. The quantitative estimate of drug-likeness (QED) is 0.841. The fraction of sp³-hybridized carbons (Fsp3) is 0.316. The Balaban J connectivity index is 1.52. The second-order valence-electron chi connectivity index (χ2n) is 6.19. The van der Waals surface area contributed by atoms with Gasteiger partial charge in [0.05, 0.1) is 0 Å². The number of carbonyl (C=O) groups is 1. The molecule has 3 rings (SSSR count). The Morgan fingerprint density at radius 3 is 2.87 bits per heavy atom. The summed E-state index contributed by atoms with van der Waals surface area (Å²) in [6.07, 6.45) is 4.30. The van der Waals surface area contributed by atoms with E-state index in [1.165, 1.54) is 18.6 Å². The minimum Gasteiger partial charge on any atom is -0.461 e. The molecule has 0 aliphatic heterocycles. The minimum atomic E-state index is -0.237. The lowest BCUT2D eigenvalue weighted by atomic mass is 10.1. The number of hydrogen-bond acceptors (Lipinski definition) is 2. The Labute approximate surface area is 135 Å². The van der Waals surface area contributed by atoms with E-state index in [4.69, 9.17) is 4.42 Å². The SMILES string of the molecule is Cc1cc(CNC(=O)/C=C/c2ccc(C3CC3C)o2)ccc1F. The molecule has 0 spiro atoms. The van der Waals surface area contributed by atoms with E-state index in [9.17, 15) is 9.18 Å². The van der Waals surface area contributed by atoms with E-state index >= 15 is 0 Å². The van der Waals surface area contributed by atoms with Gasteiger partial charge in [0.15, 0.2) is 0 Å². The maximum absolute atomic E-state index is 13.2. The van der Waals surface area contributed by atoms with Gasteiger partial charge in [0.25, 0.3) is 0 Å². The van der Waals surface area contributed by atoms with E-state index in [1.54, 1.807) is 25.1 Å². The molecule has 1 aliphatic rings. The van der Waals surface area contributed by atoms with Gasteiger partial charge >= 0.3 is 0 Å². The van der Waals surface area contributed by atoms with E-state index in [2.05, 4.69) is 12.2 Å². The van der Waals surface area contributed by atoms with Gasteiger partial charge in [0.2, 0.25) is 5.91 Å². The van der Waals surface area contributed by atoms with E-state index in [1.807, 2.05) is 12.1 Å². The second-order valence-corrected chi connectivity index (χ2v) is 6.19. The lowest BCUT2D eigenvalue weighted by molar-refractivity contribution is -0.116. The van der Waals surface area contributed by atoms with Gasteiger partial charge < -0.3 is 9.73 Å². The molecule has 2 atom stereocenters. The highest BCUT2D eigenvalue weighted by molar-refractivity contribution is 5.91. The molecule has 4 heteroatoms. The number of furan rings is 1. The van der Waals surface area contributed by atoms with Crippen molar-refractivity contribution in [2.75, 3.05) is 0 Å². The van der Waals surface area contributed by atoms with Crippen LogP contribution >= 0.6 is 0 Å². The average molecular weight is 313 g/mol. The molecule has 3 nitrogen and oxygen atoms in total. The van der Waals surface area contributed by atoms with Crippen LogP contribution in [-0.2, 0) is 11.3 Å². The summed E-state index contributed by atoms with van der Waals surface area (Å²) in [4.78, 5) is 11.8. The topological polar surface area (TPSA) is 42.2 Å². The third kappa shape index (κ3) is 3.89. The normalized spacial score (nSPS) is 20.0. The second kappa shape index (κ2) is 6.41. The first-order chi connectivity index (χ1) is 11.0. The summed E-state index contributed by atoms with van der Waals surface area (Å²) < 4.78 is 18.9. The zero-order valence-corrected chi connectivity index (χ0v) is 13.3. The van der Waals surface area contributed by atoms with Crippen LogP contribution in [0.15, 0.2) is 40.8 Å². The highest BCUT2D eigenvalue weighted by Gasteiger charge is 2.36. The molecule has 1 fully saturated rings. The van der Waals surface area contributed by atoms with Crippen LogP contribution in [-0.4, -0.2) is 5.91 Å². The fourth-order valence-corrected chi connectivity index (χ4v) is 2.60. The minimum absolute atomic E-state index is 0.204. The van der Waals surface area contributed by atoms with Crippen molar-refractivity contribution in [1.82, 2.24) is 5.32 Å². The molecule has 0 bridgehead atoms. The highest BCUT2D eigenvalue weighted by Crippen LogP contribution is 2.47. The molecular formula is C19H20FNO2. The molecular weight excluding hydrogens is 293 g/mol. The molecule has 1 heterocycles. The number of benzene rings is 1. The highest BCUT2D eigenvalue weighted by atomic mass is 19.1. The maximum atomic E-state index is 13.2. The largest absolute Gasteiger partial charge is 0.461 e. The van der Waals surface area contributed by atoms with Crippen molar-refractivity contribution < 1.29 is 13.6 Å². The van der Waals surface area contributed by atoms with E-state index in [0.717, 1.165) is 11.3 Å². The van der Waals surface area contributed by atoms with Crippen molar-refractivity contribution in [3.63, 3.8) is 0 Å². The number of hydrogen-bond donors (Lipinski definition) is 1. The number of amides is 1. The Morgan fingerprint density at radius 2 is 2.17 bits per heavy atom. The molecule has 2 unspecified atom stereocenters. The summed E-state index contributed by atoms with van der Waals surface area (Å²) in [6.45, 7) is 4.27. The molecule has 1 aliphatic carbocycles. The van der Waals surface area contributed by atoms with Crippen LogP contribution in [0.2, 0.25) is 0 Å². The van der Waals surface area contributed by atoms with E-state index in [-0.39, 0.29) is 11.7 Å². The third-order valence-electron chi connectivity index (χ3n) is 4.21. The summed E-state index contributed by atoms with van der Waals surface area (Å²) in [5, 5.41) is 2.77. The predicted octanol–water partition coefficient (Wildman–Crippen LogP) is 4.18. The smallest absolute Gasteiger partial charge is 0.244 e. The molecule has 2 aromatic rings. The number of halogens is 1. The fourth-order valence-electron chi connectivity index (χ4n) is 2.60. The van der Waals surface area contributed by atoms with Crippen molar-refractivity contribution in [3.05, 3.63) is 64.9 Å². The summed E-state index contributed by atoms with van der Waals surface area (Å²) in [7, 11) is 0. The lowest BCUT2D eigenvalue weighted by Crippen LogP contribution is -2.20. The summed E-state index contributed by atoms with van der Waals surface area (Å²) in [6, 6.07) is 8.67. The Morgan fingerprint density at radius 1 is 1.39 bits per heavy atom. The van der Waals surface area contributed by atoms with Gasteiger partial charge in [-0.3, -0.25) is 4.79 Å². The van der Waals surface area contributed by atoms with Gasteiger partial charge in [-0.15, -0.1) is 0 Å². The first-order valence-electron chi connectivity index (χ1n) is 7.83. The van der Waals surface area contributed by atoms with Crippen molar-refractivity contribution in [2.45, 2.75) is 32.7 Å². The van der Waals surface area contributed by atoms with Crippen LogP contribution in [0.5, 0.6) is 0 Å². The van der Waals surface area contributed by atoms with Gasteiger partial charge in [-0.05, 0) is 54.7 Å². The number of rotatable bonds is 5. The number of aryl methyl sites for hydroxylation is 1. The number of nitrogens with one attached hydrogen (secondary N) is 1. The van der Waals surface area contributed by atoms with Gasteiger partial charge in [-0.25, -0.2) is 4.39 Å². The maximum Gasteiger partial charge on any atom is 0.244 e. The van der Waals surface area contributed by atoms with Gasteiger partial charge in [0, 0.05) is 18.5 Å². The Hall–Kier alpha value is -2.36. The zero-order valence-electron chi connectivity index (χ0n) is 13.3. The summed E-state index contributed by atoms with van der Waals surface area (Å²) in [5.41, 5.74) is 1.44. The molecule has 1 amide bonds. The molecule has 0 saturated heterocycles. The van der Waals surface area contributed by atoms with Crippen LogP contribution in [0.3, 0.4) is 0 Å². The standard InChI is InChI=1S/C19H20FNO2/c1-12-10-16(12)18-7-4-15(23-18)5-8-19(22)21-11-14-3-6-17(20)13(2)9-14/h3-9,12,16H,10-11H2,1-2H3,(H,21,22)/b8-5+. The molecule has 1 saturated carbocycles. The molecule has 1 aromatic heterocycles. The van der Waals surface area contributed by atoms with Crippen LogP contribution in [0.25, 0.3) is 6.08 Å². The van der Waals surface area contributed by atoms with Gasteiger partial charge in [-0.1, -0.05) is 19.1 Å². The summed E-state index contributed by atoms with van der Waals surface area (Å²) >= 11 is 0. The van der Waals surface area contributed by atoms with Crippen molar-refractivity contribution in [2.24, 2.45) is 5.92 Å². The average Bonchev–Trinajstić information content (AvgIpc) is 3.08. The Bertz CT molecular complexity index is 748. The number of carbonyl (C=O) groups excluding carboxylic acids is 1. The van der Waals surface area contributed by atoms with Gasteiger partial charge in [0.1, 0.15) is 17.3 Å². The van der Waals surface area contributed by atoms with Crippen LogP contribution < -0.4 is 5.32 Å². The zero-order chi connectivity index (χ0) is 16.4. The van der Waals surface area contributed by atoms with Gasteiger partial charge in [-0.2, -0.15) is 0 Å². The van der Waals surface area contributed by atoms with Crippen LogP contribution in [0.4, 0.5) is 4.39 Å². The van der Waals surface area contributed by atoms with Crippen LogP contribution in [0.1, 0.15) is 41.9 Å². The summed E-state index contributed by atoms with van der Waals surface area (Å²) in [5.74, 6) is 2.47. The van der Waals surface area contributed by atoms with E-state index < -0.39 is 0 Å². The molecule has 1 N–H and O–H groups in total. The monoisotopic (exact) mass is 313 g/mol. The molecule has 0 radical (unpaired) electrons. The Kier molecular flexibility index (Phi) is 4.33. The molecule has 120 valence electrons. The van der Waals surface area contributed by atoms with E-state index in [0.29, 0.717) is 29.7 Å². The molecule has 23 heavy (non-hydrogen) atoms. The first-order valence-corrected chi connectivity index (χ1v) is 7.83. The van der Waals surface area contributed by atoms with Crippen LogP contribution in [0, 0.1) is 18.7 Å². The predicted molar refractivity (Wildman–Crippen MR) is 87.2 cm³/mol. The lowest BCUT2D eigenvalue weighted by Gasteiger charge is -2.04. The van der Waals surface area contributed by atoms with Crippen molar-refractivity contribution in [3.8, 4) is 0 Å².